The molecule has 0 spiro atoms. The topological polar surface area (TPSA) is 124 Å². The normalized spacial score (nSPS) is 37.5. The monoisotopic (exact) mass is 482 g/mol. The first-order valence-corrected chi connectivity index (χ1v) is 13.0. The van der Waals surface area contributed by atoms with E-state index in [0.29, 0.717) is 19.3 Å². The lowest BCUT2D eigenvalue weighted by atomic mass is 9.87. The van der Waals surface area contributed by atoms with Crippen LogP contribution >= 0.6 is 0 Å². The molecule has 10 nitrogen and oxygen atoms in total. The lowest BCUT2D eigenvalue weighted by molar-refractivity contribution is -0.138. The molecule has 0 bridgehead atoms. The Bertz CT molecular complexity index is 674. The van der Waals surface area contributed by atoms with Gasteiger partial charge in [-0.3, -0.25) is 14.5 Å². The number of piperazine rings is 1. The summed E-state index contributed by atoms with van der Waals surface area (Å²) < 4.78 is 11.2. The van der Waals surface area contributed by atoms with Crippen LogP contribution in [0.2, 0.25) is 0 Å². The Hall–Kier alpha value is -1.30. The number of aliphatic hydroxyl groups is 2. The smallest absolute Gasteiger partial charge is 0.225 e. The molecule has 1 aliphatic carbocycles. The van der Waals surface area contributed by atoms with E-state index < -0.39 is 24.4 Å². The number of methoxy groups -OCH3 is 1. The molecule has 5 unspecified atom stereocenters. The number of rotatable bonds is 7. The maximum absolute atomic E-state index is 12.9. The zero-order chi connectivity index (χ0) is 24.1. The number of nitrogens with one attached hydrogen (secondary N) is 2. The third kappa shape index (κ3) is 6.27. The third-order valence-corrected chi connectivity index (χ3v) is 8.08. The predicted octanol–water partition coefficient (Wildman–Crippen LogP) is -0.569. The number of nitrogens with zero attached hydrogens (tertiary/aromatic N) is 2. The Morgan fingerprint density at radius 2 is 1.71 bits per heavy atom. The molecule has 0 aromatic carbocycles. The van der Waals surface area contributed by atoms with Crippen molar-refractivity contribution in [2.24, 2.45) is 5.92 Å². The second-order valence-corrected chi connectivity index (χ2v) is 10.2. The van der Waals surface area contributed by atoms with Gasteiger partial charge in [0.1, 0.15) is 18.3 Å². The van der Waals surface area contributed by atoms with Gasteiger partial charge in [-0.05, 0) is 51.5 Å². The molecule has 0 aromatic rings. The van der Waals surface area contributed by atoms with E-state index in [1.54, 1.807) is 7.11 Å². The number of piperidine rings is 1. The summed E-state index contributed by atoms with van der Waals surface area (Å²) >= 11 is 0. The van der Waals surface area contributed by atoms with E-state index in [4.69, 9.17) is 9.47 Å². The molecule has 4 rings (SSSR count). The summed E-state index contributed by atoms with van der Waals surface area (Å²) in [5, 5.41) is 27.3. The van der Waals surface area contributed by atoms with Gasteiger partial charge in [-0.15, -0.1) is 0 Å². The number of carbonyl (C=O) groups excluding carboxylic acids is 2. The highest BCUT2D eigenvalue weighted by Crippen LogP contribution is 2.27. The summed E-state index contributed by atoms with van der Waals surface area (Å²) in [5.41, 5.74) is 0. The van der Waals surface area contributed by atoms with Gasteiger partial charge in [0.25, 0.3) is 0 Å². The molecule has 10 heteroatoms. The van der Waals surface area contributed by atoms with Crippen LogP contribution < -0.4 is 10.6 Å². The Kier molecular flexibility index (Phi) is 9.17. The van der Waals surface area contributed by atoms with E-state index in [0.717, 1.165) is 51.7 Å². The summed E-state index contributed by atoms with van der Waals surface area (Å²) in [6, 6.07) is 0. The Morgan fingerprint density at radius 1 is 1.00 bits per heavy atom. The summed E-state index contributed by atoms with van der Waals surface area (Å²) in [7, 11) is 1.70. The van der Waals surface area contributed by atoms with Crippen LogP contribution in [0.25, 0.3) is 0 Å². The fraction of sp³-hybridized carbons (Fsp3) is 0.917. The molecule has 4 fully saturated rings. The second kappa shape index (κ2) is 12.1. The number of aliphatic hydroxyl groups excluding tert-OH is 2. The standard InChI is InChI=1S/C24H42N4O6/c1-33-17-7-5-16(6-8-17)24(32)26-15-19-23(31)22(30)18(34-19)14-21(29)28-12-10-27(11-13-28)20-4-2-3-9-25-20/h16-20,22-23,25,30-31H,2-15H2,1H3,(H,26,32). The lowest BCUT2D eigenvalue weighted by Gasteiger charge is -2.41. The van der Waals surface area contributed by atoms with E-state index >= 15 is 0 Å². The van der Waals surface area contributed by atoms with E-state index in [1.165, 1.54) is 12.8 Å². The van der Waals surface area contributed by atoms with Gasteiger partial charge in [0.2, 0.25) is 11.8 Å². The highest BCUT2D eigenvalue weighted by molar-refractivity contribution is 5.78. The minimum absolute atomic E-state index is 0.0331. The molecule has 34 heavy (non-hydrogen) atoms. The summed E-state index contributed by atoms with van der Waals surface area (Å²) in [6.07, 6.45) is 3.83. The molecule has 4 N–H and O–H groups in total. The molecule has 3 aliphatic heterocycles. The van der Waals surface area contributed by atoms with Gasteiger partial charge < -0.3 is 35.2 Å². The van der Waals surface area contributed by atoms with Crippen molar-refractivity contribution in [1.82, 2.24) is 20.4 Å². The largest absolute Gasteiger partial charge is 0.388 e. The van der Waals surface area contributed by atoms with Crippen LogP contribution in [-0.2, 0) is 19.1 Å². The van der Waals surface area contributed by atoms with E-state index in [-0.39, 0.29) is 36.8 Å². The minimum atomic E-state index is -1.14. The maximum Gasteiger partial charge on any atom is 0.225 e. The summed E-state index contributed by atoms with van der Waals surface area (Å²) in [6.45, 7) is 4.17. The first kappa shape index (κ1) is 25.8. The Morgan fingerprint density at radius 3 is 2.35 bits per heavy atom. The van der Waals surface area contributed by atoms with Crippen LogP contribution in [0.3, 0.4) is 0 Å². The molecule has 0 radical (unpaired) electrons. The van der Waals surface area contributed by atoms with Gasteiger partial charge in [0, 0.05) is 45.8 Å². The van der Waals surface area contributed by atoms with Crippen molar-refractivity contribution in [3.05, 3.63) is 0 Å². The lowest BCUT2D eigenvalue weighted by Crippen LogP contribution is -2.57. The van der Waals surface area contributed by atoms with Crippen LogP contribution in [0.4, 0.5) is 0 Å². The van der Waals surface area contributed by atoms with Gasteiger partial charge in [-0.25, -0.2) is 0 Å². The number of amides is 2. The van der Waals surface area contributed by atoms with Crippen molar-refractivity contribution in [1.29, 1.82) is 0 Å². The van der Waals surface area contributed by atoms with E-state index in [1.807, 2.05) is 4.90 Å². The first-order valence-electron chi connectivity index (χ1n) is 13.0. The van der Waals surface area contributed by atoms with Crippen LogP contribution in [0, 0.1) is 5.92 Å². The van der Waals surface area contributed by atoms with Crippen molar-refractivity contribution >= 4 is 11.8 Å². The fourth-order valence-electron chi connectivity index (χ4n) is 5.80. The van der Waals surface area contributed by atoms with Crippen molar-refractivity contribution < 1.29 is 29.3 Å². The number of carbonyl (C=O) groups is 2. The zero-order valence-electron chi connectivity index (χ0n) is 20.4. The van der Waals surface area contributed by atoms with Crippen molar-refractivity contribution in [2.45, 2.75) is 88.1 Å². The highest BCUT2D eigenvalue weighted by atomic mass is 16.5. The fourth-order valence-corrected chi connectivity index (χ4v) is 5.80. The van der Waals surface area contributed by atoms with Crippen molar-refractivity contribution in [3.63, 3.8) is 0 Å². The predicted molar refractivity (Wildman–Crippen MR) is 125 cm³/mol. The van der Waals surface area contributed by atoms with Crippen molar-refractivity contribution in [3.8, 4) is 0 Å². The molecule has 4 aliphatic rings. The van der Waals surface area contributed by atoms with Gasteiger partial charge in [-0.1, -0.05) is 0 Å². The first-order chi connectivity index (χ1) is 16.5. The number of hydrogen-bond donors (Lipinski definition) is 4. The number of hydrogen-bond acceptors (Lipinski definition) is 8. The second-order valence-electron chi connectivity index (χ2n) is 10.2. The summed E-state index contributed by atoms with van der Waals surface area (Å²) in [4.78, 5) is 29.6. The molecular formula is C24H42N4O6. The molecule has 3 heterocycles. The minimum Gasteiger partial charge on any atom is -0.388 e. The van der Waals surface area contributed by atoms with Crippen LogP contribution in [-0.4, -0.2) is 115 Å². The molecule has 0 aromatic heterocycles. The quantitative estimate of drug-likeness (QED) is 0.381. The molecule has 194 valence electrons. The highest BCUT2D eigenvalue weighted by Gasteiger charge is 2.44. The van der Waals surface area contributed by atoms with E-state index in [9.17, 15) is 19.8 Å². The molecule has 1 saturated carbocycles. The van der Waals surface area contributed by atoms with E-state index in [2.05, 4.69) is 15.5 Å². The Balaban J connectivity index is 1.18. The van der Waals surface area contributed by atoms with Crippen LogP contribution in [0.5, 0.6) is 0 Å². The van der Waals surface area contributed by atoms with Crippen molar-refractivity contribution in [2.75, 3.05) is 46.4 Å². The average molecular weight is 483 g/mol. The summed E-state index contributed by atoms with van der Waals surface area (Å²) in [5.74, 6) is -0.175. The zero-order valence-corrected chi connectivity index (χ0v) is 20.4. The molecule has 3 saturated heterocycles. The molecule has 5 atom stereocenters. The van der Waals surface area contributed by atoms with Gasteiger partial charge in [0.15, 0.2) is 0 Å². The van der Waals surface area contributed by atoms with Crippen LogP contribution in [0.15, 0.2) is 0 Å². The third-order valence-electron chi connectivity index (χ3n) is 8.08. The number of ether oxygens (including phenoxy) is 2. The van der Waals surface area contributed by atoms with Crippen LogP contribution in [0.1, 0.15) is 51.4 Å². The molecule has 2 amide bonds. The van der Waals surface area contributed by atoms with Gasteiger partial charge in [-0.2, -0.15) is 0 Å². The average Bonchev–Trinajstić information content (AvgIpc) is 3.15. The SMILES string of the molecule is COC1CCC(C(=O)NCC2OC(CC(=O)N3CCN(C4CCCCN4)CC3)C(O)C2O)CC1. The van der Waals surface area contributed by atoms with Gasteiger partial charge >= 0.3 is 0 Å². The molecular weight excluding hydrogens is 440 g/mol. The van der Waals surface area contributed by atoms with Gasteiger partial charge in [0.05, 0.1) is 24.8 Å². The Labute approximate surface area is 202 Å². The maximum atomic E-state index is 12.9.